The van der Waals surface area contributed by atoms with Crippen molar-refractivity contribution in [2.45, 2.75) is 0 Å². The smallest absolute Gasteiger partial charge is 0.248 e. The molecule has 0 spiro atoms. The number of nitrogens with zero attached hydrogens (tertiary/aromatic N) is 1. The van der Waals surface area contributed by atoms with Crippen LogP contribution in [0.25, 0.3) is 17.0 Å². The molecule has 1 amide bonds. The maximum Gasteiger partial charge on any atom is 0.248 e. The summed E-state index contributed by atoms with van der Waals surface area (Å²) < 4.78 is 5.13. The summed E-state index contributed by atoms with van der Waals surface area (Å²) >= 11 is 5.99. The number of anilines is 1. The highest BCUT2D eigenvalue weighted by atomic mass is 35.5. The molecule has 21 heavy (non-hydrogen) atoms. The molecule has 3 rings (SSSR count). The van der Waals surface area contributed by atoms with E-state index < -0.39 is 0 Å². The number of halogens is 1. The highest BCUT2D eigenvalue weighted by Crippen LogP contribution is 2.24. The molecule has 0 atom stereocenters. The predicted octanol–water partition coefficient (Wildman–Crippen LogP) is 4.13. The molecule has 1 N–H and O–H groups in total. The second kappa shape index (κ2) is 5.81. The number of hydrogen-bond donors (Lipinski definition) is 1. The van der Waals surface area contributed by atoms with E-state index in [1.165, 1.54) is 6.08 Å². The van der Waals surface area contributed by atoms with Crippen LogP contribution in [0.1, 0.15) is 5.76 Å². The van der Waals surface area contributed by atoms with Crippen molar-refractivity contribution in [2.75, 3.05) is 5.32 Å². The Bertz CT molecular complexity index is 810. The van der Waals surface area contributed by atoms with Gasteiger partial charge in [0.05, 0.1) is 17.5 Å². The van der Waals surface area contributed by atoms with Gasteiger partial charge >= 0.3 is 0 Å². The van der Waals surface area contributed by atoms with E-state index in [4.69, 9.17) is 16.0 Å². The molecule has 0 saturated heterocycles. The van der Waals surface area contributed by atoms with Crippen molar-refractivity contribution in [2.24, 2.45) is 0 Å². The summed E-state index contributed by atoms with van der Waals surface area (Å²) in [5, 5.41) is 4.20. The van der Waals surface area contributed by atoms with Crippen LogP contribution >= 0.6 is 11.6 Å². The lowest BCUT2D eigenvalue weighted by atomic mass is 10.2. The zero-order valence-electron chi connectivity index (χ0n) is 10.9. The molecule has 0 radical (unpaired) electrons. The second-order valence-corrected chi connectivity index (χ2v) is 4.79. The Labute approximate surface area is 126 Å². The summed E-state index contributed by atoms with van der Waals surface area (Å²) in [5.41, 5.74) is 1.43. The van der Waals surface area contributed by atoms with Crippen LogP contribution in [0.15, 0.2) is 59.4 Å². The van der Waals surface area contributed by atoms with E-state index in [1.807, 2.05) is 6.07 Å². The molecular weight excluding hydrogens is 288 g/mol. The van der Waals surface area contributed by atoms with Gasteiger partial charge in [0.25, 0.3) is 0 Å². The summed E-state index contributed by atoms with van der Waals surface area (Å²) in [7, 11) is 0. The van der Waals surface area contributed by atoms with E-state index >= 15 is 0 Å². The van der Waals surface area contributed by atoms with E-state index in [0.29, 0.717) is 16.5 Å². The number of nitrogens with one attached hydrogen (secondary N) is 1. The number of carbonyl (C=O) groups excluding carboxylic acids is 1. The standard InChI is InChI=1S/C16H11ClN2O2/c17-11-3-5-14-13(10-11)15(7-8-18-14)19-16(20)6-4-12-2-1-9-21-12/h1-10H,(H,18,19,20)/b6-4+. The van der Waals surface area contributed by atoms with Crippen molar-refractivity contribution < 1.29 is 9.21 Å². The Morgan fingerprint density at radius 2 is 2.19 bits per heavy atom. The molecule has 0 unspecified atom stereocenters. The molecule has 4 nitrogen and oxygen atoms in total. The van der Waals surface area contributed by atoms with E-state index in [0.717, 1.165) is 10.9 Å². The van der Waals surface area contributed by atoms with Gasteiger partial charge in [-0.3, -0.25) is 9.78 Å². The first-order valence-corrected chi connectivity index (χ1v) is 6.67. The molecule has 1 aromatic carbocycles. The number of benzene rings is 1. The number of hydrogen-bond acceptors (Lipinski definition) is 3. The van der Waals surface area contributed by atoms with Gasteiger partial charge in [-0.15, -0.1) is 0 Å². The van der Waals surface area contributed by atoms with Crippen LogP contribution in [-0.2, 0) is 4.79 Å². The molecule has 5 heteroatoms. The molecule has 0 aliphatic heterocycles. The lowest BCUT2D eigenvalue weighted by Gasteiger charge is -2.06. The van der Waals surface area contributed by atoms with Crippen LogP contribution in [0.4, 0.5) is 5.69 Å². The Hall–Kier alpha value is -2.59. The third-order valence-corrected chi connectivity index (χ3v) is 3.14. The highest BCUT2D eigenvalue weighted by molar-refractivity contribution is 6.31. The summed E-state index contributed by atoms with van der Waals surface area (Å²) in [5.74, 6) is 0.367. The minimum atomic E-state index is -0.251. The number of furan rings is 1. The van der Waals surface area contributed by atoms with Crippen LogP contribution < -0.4 is 5.32 Å². The van der Waals surface area contributed by atoms with Gasteiger partial charge in [0, 0.05) is 22.7 Å². The fourth-order valence-corrected chi connectivity index (χ4v) is 2.12. The van der Waals surface area contributed by atoms with E-state index in [-0.39, 0.29) is 5.91 Å². The number of pyridine rings is 1. The largest absolute Gasteiger partial charge is 0.465 e. The molecule has 3 aromatic rings. The molecule has 0 aliphatic carbocycles. The normalized spacial score (nSPS) is 11.1. The van der Waals surface area contributed by atoms with E-state index in [9.17, 15) is 4.79 Å². The fourth-order valence-electron chi connectivity index (χ4n) is 1.95. The van der Waals surface area contributed by atoms with Gasteiger partial charge in [-0.2, -0.15) is 0 Å². The van der Waals surface area contributed by atoms with Crippen molar-refractivity contribution in [1.82, 2.24) is 4.98 Å². The topological polar surface area (TPSA) is 55.1 Å². The van der Waals surface area contributed by atoms with Crippen molar-refractivity contribution >= 4 is 40.2 Å². The third kappa shape index (κ3) is 3.12. The first-order chi connectivity index (χ1) is 10.2. The van der Waals surface area contributed by atoms with Gasteiger partial charge in [-0.05, 0) is 42.5 Å². The van der Waals surface area contributed by atoms with E-state index in [2.05, 4.69) is 10.3 Å². The number of carbonyl (C=O) groups is 1. The number of fused-ring (bicyclic) bond motifs is 1. The monoisotopic (exact) mass is 298 g/mol. The molecule has 0 saturated carbocycles. The Balaban J connectivity index is 1.84. The van der Waals surface area contributed by atoms with Crippen LogP contribution in [0.5, 0.6) is 0 Å². The van der Waals surface area contributed by atoms with Crippen molar-refractivity contribution in [3.63, 3.8) is 0 Å². The lowest BCUT2D eigenvalue weighted by Crippen LogP contribution is -2.08. The van der Waals surface area contributed by atoms with Crippen molar-refractivity contribution in [3.05, 3.63) is 65.7 Å². The predicted molar refractivity (Wildman–Crippen MR) is 83.1 cm³/mol. The molecular formula is C16H11ClN2O2. The van der Waals surface area contributed by atoms with Crippen molar-refractivity contribution in [3.8, 4) is 0 Å². The molecule has 0 bridgehead atoms. The Morgan fingerprint density at radius 3 is 3.00 bits per heavy atom. The van der Waals surface area contributed by atoms with Crippen molar-refractivity contribution in [1.29, 1.82) is 0 Å². The zero-order valence-corrected chi connectivity index (χ0v) is 11.7. The summed E-state index contributed by atoms with van der Waals surface area (Å²) in [4.78, 5) is 16.2. The van der Waals surface area contributed by atoms with Gasteiger partial charge in [0.2, 0.25) is 5.91 Å². The second-order valence-electron chi connectivity index (χ2n) is 4.36. The SMILES string of the molecule is O=C(/C=C/c1ccco1)Nc1ccnc2ccc(Cl)cc12. The van der Waals surface area contributed by atoms with Gasteiger partial charge in [0.15, 0.2) is 0 Å². The summed E-state index contributed by atoms with van der Waals surface area (Å²) in [6.07, 6.45) is 6.21. The Kier molecular flexibility index (Phi) is 3.71. The molecule has 2 aromatic heterocycles. The zero-order chi connectivity index (χ0) is 14.7. The average Bonchev–Trinajstić information content (AvgIpc) is 2.99. The van der Waals surface area contributed by atoms with Crippen LogP contribution in [0, 0.1) is 0 Å². The lowest BCUT2D eigenvalue weighted by molar-refractivity contribution is -0.111. The summed E-state index contributed by atoms with van der Waals surface area (Å²) in [6.45, 7) is 0. The number of amides is 1. The quantitative estimate of drug-likeness (QED) is 0.740. The average molecular weight is 299 g/mol. The third-order valence-electron chi connectivity index (χ3n) is 2.90. The molecule has 0 aliphatic rings. The number of aromatic nitrogens is 1. The number of rotatable bonds is 3. The fraction of sp³-hybridized carbons (Fsp3) is 0. The molecule has 0 fully saturated rings. The first-order valence-electron chi connectivity index (χ1n) is 6.29. The highest BCUT2D eigenvalue weighted by Gasteiger charge is 2.05. The van der Waals surface area contributed by atoms with E-state index in [1.54, 1.807) is 48.9 Å². The molecule has 104 valence electrons. The van der Waals surface area contributed by atoms with Crippen LogP contribution in [0.3, 0.4) is 0 Å². The van der Waals surface area contributed by atoms with Gasteiger partial charge < -0.3 is 9.73 Å². The maximum atomic E-state index is 11.9. The van der Waals surface area contributed by atoms with Gasteiger partial charge in [0.1, 0.15) is 5.76 Å². The molecule has 2 heterocycles. The minimum absolute atomic E-state index is 0.251. The first kappa shape index (κ1) is 13.4. The Morgan fingerprint density at radius 1 is 1.29 bits per heavy atom. The minimum Gasteiger partial charge on any atom is -0.465 e. The summed E-state index contributed by atoms with van der Waals surface area (Å²) in [6, 6.07) is 10.6. The van der Waals surface area contributed by atoms with Crippen LogP contribution in [0.2, 0.25) is 5.02 Å². The van der Waals surface area contributed by atoms with Gasteiger partial charge in [-0.1, -0.05) is 11.6 Å². The van der Waals surface area contributed by atoms with Crippen LogP contribution in [-0.4, -0.2) is 10.9 Å². The maximum absolute atomic E-state index is 11.9. The van der Waals surface area contributed by atoms with Gasteiger partial charge in [-0.25, -0.2) is 0 Å².